The van der Waals surface area contributed by atoms with Crippen LogP contribution in [0.2, 0.25) is 0 Å². The molecule has 1 aromatic carbocycles. The Labute approximate surface area is 131 Å². The molecule has 0 saturated carbocycles. The molecule has 3 rings (SSSR count). The molecule has 0 N–H and O–H groups in total. The second-order valence-electron chi connectivity index (χ2n) is 4.83. The highest BCUT2D eigenvalue weighted by molar-refractivity contribution is 7.97. The fraction of sp³-hybridized carbons (Fsp3) is 0.312. The first kappa shape index (κ1) is 14.8. The van der Waals surface area contributed by atoms with Gasteiger partial charge in [-0.05, 0) is 19.2 Å². The molecule has 116 valence electrons. The molecule has 2 heterocycles. The van der Waals surface area contributed by atoms with Gasteiger partial charge in [0.05, 0.1) is 25.9 Å². The molecular weight excluding hydrogens is 304 g/mol. The van der Waals surface area contributed by atoms with Gasteiger partial charge >= 0.3 is 0 Å². The van der Waals surface area contributed by atoms with Crippen LogP contribution in [0.3, 0.4) is 0 Å². The quantitative estimate of drug-likeness (QED) is 0.730. The molecule has 0 aliphatic rings. The lowest BCUT2D eigenvalue weighted by Crippen LogP contribution is -2.12. The summed E-state index contributed by atoms with van der Waals surface area (Å²) in [5, 5.41) is 1.08. The molecule has 0 amide bonds. The number of furan rings is 1. The van der Waals surface area contributed by atoms with Gasteiger partial charge in [0.2, 0.25) is 11.2 Å². The van der Waals surface area contributed by atoms with E-state index in [0.717, 1.165) is 0 Å². The second kappa shape index (κ2) is 5.61. The minimum absolute atomic E-state index is 0.0913. The predicted molar refractivity (Wildman–Crippen MR) is 87.3 cm³/mol. The largest absolute Gasteiger partial charge is 0.495 e. The van der Waals surface area contributed by atoms with E-state index in [4.69, 9.17) is 18.3 Å². The van der Waals surface area contributed by atoms with Gasteiger partial charge in [-0.1, -0.05) is 0 Å². The lowest BCUT2D eigenvalue weighted by molar-refractivity contribution is 0.398. The van der Waals surface area contributed by atoms with Crippen LogP contribution in [0.25, 0.3) is 21.9 Å². The Kier molecular flexibility index (Phi) is 3.78. The van der Waals surface area contributed by atoms with Gasteiger partial charge in [0, 0.05) is 11.3 Å². The van der Waals surface area contributed by atoms with Gasteiger partial charge in [0.25, 0.3) is 0 Å². The van der Waals surface area contributed by atoms with Crippen molar-refractivity contribution >= 4 is 33.7 Å². The van der Waals surface area contributed by atoms with Gasteiger partial charge in [-0.15, -0.1) is 0 Å². The number of aryl methyl sites for hydroxylation is 1. The Balaban J connectivity index is 2.58. The number of benzene rings is 1. The fourth-order valence-corrected chi connectivity index (χ4v) is 3.28. The summed E-state index contributed by atoms with van der Waals surface area (Å²) in [6.45, 7) is 1.78. The van der Waals surface area contributed by atoms with Crippen LogP contribution in [0.15, 0.2) is 26.0 Å². The van der Waals surface area contributed by atoms with Gasteiger partial charge in [-0.25, -0.2) is 0 Å². The third-order valence-corrected chi connectivity index (χ3v) is 4.23. The summed E-state index contributed by atoms with van der Waals surface area (Å²) in [5.41, 5.74) is 1.41. The van der Waals surface area contributed by atoms with Crippen LogP contribution in [-0.2, 0) is 5.75 Å². The number of fused-ring (bicyclic) bond motifs is 2. The lowest BCUT2D eigenvalue weighted by atomic mass is 10.1. The zero-order valence-corrected chi connectivity index (χ0v) is 13.6. The van der Waals surface area contributed by atoms with Crippen molar-refractivity contribution in [2.45, 2.75) is 12.7 Å². The first-order valence-corrected chi connectivity index (χ1v) is 8.09. The summed E-state index contributed by atoms with van der Waals surface area (Å²) in [4.78, 5) is 12.9. The van der Waals surface area contributed by atoms with Crippen molar-refractivity contribution in [1.82, 2.24) is 0 Å². The molecule has 5 nitrogen and oxygen atoms in total. The van der Waals surface area contributed by atoms with E-state index in [2.05, 4.69) is 0 Å². The Morgan fingerprint density at radius 3 is 2.55 bits per heavy atom. The Morgan fingerprint density at radius 2 is 1.91 bits per heavy atom. The number of hydrogen-bond acceptors (Lipinski definition) is 6. The Bertz CT molecular complexity index is 906. The van der Waals surface area contributed by atoms with Crippen molar-refractivity contribution in [1.29, 1.82) is 0 Å². The van der Waals surface area contributed by atoms with Crippen molar-refractivity contribution in [2.24, 2.45) is 0 Å². The zero-order chi connectivity index (χ0) is 15.9. The summed E-state index contributed by atoms with van der Waals surface area (Å²) in [7, 11) is 3.05. The van der Waals surface area contributed by atoms with E-state index in [1.54, 1.807) is 24.8 Å². The second-order valence-corrected chi connectivity index (χ2v) is 5.70. The van der Waals surface area contributed by atoms with E-state index >= 15 is 0 Å². The monoisotopic (exact) mass is 320 g/mol. The summed E-state index contributed by atoms with van der Waals surface area (Å²) in [6, 6.07) is 1.75. The molecule has 0 saturated heterocycles. The zero-order valence-electron chi connectivity index (χ0n) is 12.8. The molecule has 0 spiro atoms. The first-order chi connectivity index (χ1) is 10.6. The molecule has 0 fully saturated rings. The van der Waals surface area contributed by atoms with E-state index in [1.165, 1.54) is 20.5 Å². The number of hydrogen-bond donors (Lipinski definition) is 0. The standard InChI is InChI=1S/C16H16O5S/c1-8-10(7-22-4)12(17)11-13(18-2)9-5-6-20-14(9)16(19-3)15(11)21-8/h5-6H,7H2,1-4H3. The van der Waals surface area contributed by atoms with Crippen LogP contribution >= 0.6 is 11.8 Å². The number of ether oxygens (including phenoxy) is 2. The van der Waals surface area contributed by atoms with E-state index < -0.39 is 0 Å². The minimum Gasteiger partial charge on any atom is -0.495 e. The number of methoxy groups -OCH3 is 2. The van der Waals surface area contributed by atoms with Crippen molar-refractivity contribution < 1.29 is 18.3 Å². The first-order valence-electron chi connectivity index (χ1n) is 6.70. The van der Waals surface area contributed by atoms with Crippen LogP contribution in [0, 0.1) is 6.92 Å². The molecule has 22 heavy (non-hydrogen) atoms. The lowest BCUT2D eigenvalue weighted by Gasteiger charge is -2.12. The maximum atomic E-state index is 12.9. The maximum Gasteiger partial charge on any atom is 0.206 e. The molecule has 0 radical (unpaired) electrons. The predicted octanol–water partition coefficient (Wildman–Crippen LogP) is 3.73. The van der Waals surface area contributed by atoms with Crippen LogP contribution in [0.5, 0.6) is 11.5 Å². The highest BCUT2D eigenvalue weighted by Gasteiger charge is 2.24. The van der Waals surface area contributed by atoms with Crippen molar-refractivity contribution in [3.63, 3.8) is 0 Å². The molecule has 0 bridgehead atoms. The third kappa shape index (κ3) is 1.98. The topological polar surface area (TPSA) is 61.8 Å². The van der Waals surface area contributed by atoms with Gasteiger partial charge in [0.1, 0.15) is 16.9 Å². The maximum absolute atomic E-state index is 12.9. The van der Waals surface area contributed by atoms with E-state index in [-0.39, 0.29) is 5.43 Å². The molecule has 0 aliphatic carbocycles. The molecule has 2 aromatic heterocycles. The van der Waals surface area contributed by atoms with Crippen LogP contribution < -0.4 is 14.9 Å². The molecule has 0 atom stereocenters. The summed E-state index contributed by atoms with van der Waals surface area (Å²) < 4.78 is 22.3. The summed E-state index contributed by atoms with van der Waals surface area (Å²) in [5.74, 6) is 2.03. The van der Waals surface area contributed by atoms with Gasteiger partial charge < -0.3 is 18.3 Å². The van der Waals surface area contributed by atoms with E-state index in [1.807, 2.05) is 6.26 Å². The number of thioether (sulfide) groups is 1. The summed E-state index contributed by atoms with van der Waals surface area (Å²) >= 11 is 1.57. The highest BCUT2D eigenvalue weighted by atomic mass is 32.2. The van der Waals surface area contributed by atoms with Gasteiger partial charge in [0.15, 0.2) is 11.2 Å². The molecular formula is C16H16O5S. The van der Waals surface area contributed by atoms with Crippen LogP contribution in [0.4, 0.5) is 0 Å². The smallest absolute Gasteiger partial charge is 0.206 e. The molecule has 3 aromatic rings. The molecule has 0 aliphatic heterocycles. The Hall–Kier alpha value is -2.08. The van der Waals surface area contributed by atoms with Crippen LogP contribution in [0.1, 0.15) is 11.3 Å². The van der Waals surface area contributed by atoms with Gasteiger partial charge in [-0.2, -0.15) is 11.8 Å². The van der Waals surface area contributed by atoms with E-state index in [9.17, 15) is 4.79 Å². The Morgan fingerprint density at radius 1 is 1.18 bits per heavy atom. The average Bonchev–Trinajstić information content (AvgIpc) is 2.98. The normalized spacial score (nSPS) is 11.3. The minimum atomic E-state index is -0.0913. The van der Waals surface area contributed by atoms with Crippen LogP contribution in [-0.4, -0.2) is 20.5 Å². The SMILES string of the molecule is COc1c2occc2c(OC)c2c(=O)c(CSC)c(C)oc12. The number of rotatable bonds is 4. The highest BCUT2D eigenvalue weighted by Crippen LogP contribution is 2.42. The van der Waals surface area contributed by atoms with Gasteiger partial charge in [-0.3, -0.25) is 4.79 Å². The molecule has 6 heteroatoms. The van der Waals surface area contributed by atoms with Crippen molar-refractivity contribution in [3.05, 3.63) is 33.9 Å². The molecule has 0 unspecified atom stereocenters. The summed E-state index contributed by atoms with van der Waals surface area (Å²) in [6.07, 6.45) is 3.48. The average molecular weight is 320 g/mol. The third-order valence-electron chi connectivity index (χ3n) is 3.65. The van der Waals surface area contributed by atoms with Crippen molar-refractivity contribution in [2.75, 3.05) is 20.5 Å². The van der Waals surface area contributed by atoms with E-state index in [0.29, 0.717) is 50.5 Å². The fourth-order valence-electron chi connectivity index (χ4n) is 2.66. The van der Waals surface area contributed by atoms with Crippen molar-refractivity contribution in [3.8, 4) is 11.5 Å².